The minimum absolute atomic E-state index is 0.179. The maximum Gasteiger partial charge on any atom is 0.237 e. The number of hydrogen-bond acceptors (Lipinski definition) is 6. The lowest BCUT2D eigenvalue weighted by molar-refractivity contribution is -0.115. The molecule has 5 aromatic rings. The number of aryl methyl sites for hydroxylation is 4. The van der Waals surface area contributed by atoms with Crippen molar-refractivity contribution in [3.8, 4) is 0 Å². The van der Waals surface area contributed by atoms with Gasteiger partial charge < -0.3 is 5.32 Å². The van der Waals surface area contributed by atoms with Crippen molar-refractivity contribution >= 4 is 39.9 Å². The summed E-state index contributed by atoms with van der Waals surface area (Å²) < 4.78 is 16.9. The van der Waals surface area contributed by atoms with Crippen LogP contribution in [0.1, 0.15) is 30.6 Å². The Bertz CT molecular complexity index is 1540. The number of halogens is 1. The predicted molar refractivity (Wildman–Crippen MR) is 139 cm³/mol. The molecule has 0 fully saturated rings. The number of carbonyl (C=O) groups excluding carboxylic acids is 1. The van der Waals surface area contributed by atoms with Crippen molar-refractivity contribution in [1.29, 1.82) is 0 Å². The fourth-order valence-corrected chi connectivity index (χ4v) is 5.03. The average Bonchev–Trinajstić information content (AvgIpc) is 3.44. The van der Waals surface area contributed by atoms with E-state index in [9.17, 15) is 9.18 Å². The van der Waals surface area contributed by atoms with Crippen LogP contribution in [0.4, 0.5) is 10.1 Å². The van der Waals surface area contributed by atoms with Crippen molar-refractivity contribution < 1.29 is 9.18 Å². The first-order chi connectivity index (χ1) is 17.4. The van der Waals surface area contributed by atoms with E-state index >= 15 is 0 Å². The molecule has 0 bridgehead atoms. The van der Waals surface area contributed by atoms with Gasteiger partial charge in [0.05, 0.1) is 16.5 Å². The first kappa shape index (κ1) is 23.9. The van der Waals surface area contributed by atoms with Crippen LogP contribution < -0.4 is 5.32 Å². The van der Waals surface area contributed by atoms with E-state index in [4.69, 9.17) is 15.1 Å². The van der Waals surface area contributed by atoms with Gasteiger partial charge in [-0.1, -0.05) is 30.8 Å². The third-order valence-corrected chi connectivity index (χ3v) is 7.17. The molecule has 184 valence electrons. The summed E-state index contributed by atoms with van der Waals surface area (Å²) in [4.78, 5) is 22.7. The number of rotatable bonds is 8. The van der Waals surface area contributed by atoms with Gasteiger partial charge in [-0.15, -0.1) is 5.10 Å². The Morgan fingerprint density at radius 3 is 2.58 bits per heavy atom. The summed E-state index contributed by atoms with van der Waals surface area (Å²) in [6.07, 6.45) is 1.19. The molecule has 3 heterocycles. The highest BCUT2D eigenvalue weighted by Crippen LogP contribution is 2.29. The van der Waals surface area contributed by atoms with Gasteiger partial charge in [0, 0.05) is 29.7 Å². The van der Waals surface area contributed by atoms with E-state index in [1.807, 2.05) is 55.8 Å². The van der Waals surface area contributed by atoms with Gasteiger partial charge in [0.25, 0.3) is 0 Å². The van der Waals surface area contributed by atoms with E-state index in [-0.39, 0.29) is 11.7 Å². The average molecular weight is 504 g/mol. The third-order valence-electron chi connectivity index (χ3n) is 5.87. The monoisotopic (exact) mass is 503 g/mol. The standard InChI is InChI=1S/C26H26FN7OS/c1-4-22(25(35)28-19-11-9-18(27)10-12-19)36-26-29-21-8-6-5-7-20(21)24-30-23(32-34(24)26)13-14-33-17(3)15-16(2)31-33/h5-12,15,22H,4,13-14H2,1-3H3,(H,28,35). The van der Waals surface area contributed by atoms with Gasteiger partial charge in [0.2, 0.25) is 5.91 Å². The van der Waals surface area contributed by atoms with E-state index in [2.05, 4.69) is 10.4 Å². The van der Waals surface area contributed by atoms with Crippen molar-refractivity contribution in [1.82, 2.24) is 29.4 Å². The van der Waals surface area contributed by atoms with Gasteiger partial charge in [0.15, 0.2) is 16.6 Å². The van der Waals surface area contributed by atoms with Crippen LogP contribution in [0.2, 0.25) is 0 Å². The number of amides is 1. The predicted octanol–water partition coefficient (Wildman–Crippen LogP) is 4.98. The Hall–Kier alpha value is -3.79. The molecule has 0 radical (unpaired) electrons. The van der Waals surface area contributed by atoms with Gasteiger partial charge in [-0.3, -0.25) is 9.48 Å². The van der Waals surface area contributed by atoms with E-state index in [0.29, 0.717) is 41.7 Å². The molecule has 1 amide bonds. The Morgan fingerprint density at radius 2 is 1.86 bits per heavy atom. The highest BCUT2D eigenvalue weighted by molar-refractivity contribution is 8.00. The van der Waals surface area contributed by atoms with Crippen molar-refractivity contribution in [3.63, 3.8) is 0 Å². The molecule has 3 aromatic heterocycles. The highest BCUT2D eigenvalue weighted by atomic mass is 32.2. The minimum atomic E-state index is -0.422. The van der Waals surface area contributed by atoms with Crippen LogP contribution in [-0.2, 0) is 17.8 Å². The van der Waals surface area contributed by atoms with E-state index in [1.54, 1.807) is 16.6 Å². The maximum atomic E-state index is 13.2. The van der Waals surface area contributed by atoms with Crippen molar-refractivity contribution in [2.24, 2.45) is 0 Å². The zero-order valence-electron chi connectivity index (χ0n) is 20.3. The molecule has 36 heavy (non-hydrogen) atoms. The number of hydrogen-bond donors (Lipinski definition) is 1. The summed E-state index contributed by atoms with van der Waals surface area (Å²) in [6.45, 7) is 6.62. The SMILES string of the molecule is CCC(Sc1nc2ccccc2c2nc(CCn3nc(C)cc3C)nn12)C(=O)Nc1ccc(F)cc1. The van der Waals surface area contributed by atoms with Crippen LogP contribution in [0.3, 0.4) is 0 Å². The molecule has 10 heteroatoms. The quantitative estimate of drug-likeness (QED) is 0.237. The second-order valence-electron chi connectivity index (χ2n) is 8.59. The lowest BCUT2D eigenvalue weighted by Crippen LogP contribution is -2.25. The second kappa shape index (κ2) is 10.1. The van der Waals surface area contributed by atoms with Gasteiger partial charge >= 0.3 is 0 Å². The molecule has 0 aliphatic heterocycles. The van der Waals surface area contributed by atoms with Crippen LogP contribution >= 0.6 is 11.8 Å². The van der Waals surface area contributed by atoms with E-state index in [1.165, 1.54) is 23.9 Å². The number of carbonyl (C=O) groups is 1. The van der Waals surface area contributed by atoms with Crippen LogP contribution in [0.5, 0.6) is 0 Å². The molecular weight excluding hydrogens is 477 g/mol. The Labute approximate surface area is 211 Å². The lowest BCUT2D eigenvalue weighted by atomic mass is 10.2. The Kier molecular flexibility index (Phi) is 6.69. The largest absolute Gasteiger partial charge is 0.325 e. The molecule has 1 unspecified atom stereocenters. The molecule has 0 saturated heterocycles. The summed E-state index contributed by atoms with van der Waals surface area (Å²) in [5.41, 5.74) is 4.12. The molecule has 0 saturated carbocycles. The van der Waals surface area contributed by atoms with Crippen LogP contribution in [0.15, 0.2) is 59.8 Å². The van der Waals surface area contributed by atoms with Gasteiger partial charge in [-0.2, -0.15) is 9.61 Å². The Morgan fingerprint density at radius 1 is 1.08 bits per heavy atom. The highest BCUT2D eigenvalue weighted by Gasteiger charge is 2.23. The summed E-state index contributed by atoms with van der Waals surface area (Å²) in [5.74, 6) is 0.158. The molecule has 8 nitrogen and oxygen atoms in total. The fraction of sp³-hybridized carbons (Fsp3) is 0.269. The number of thioether (sulfide) groups is 1. The zero-order chi connectivity index (χ0) is 25.2. The van der Waals surface area contributed by atoms with Crippen LogP contribution in [0.25, 0.3) is 16.6 Å². The second-order valence-corrected chi connectivity index (χ2v) is 9.76. The van der Waals surface area contributed by atoms with Gasteiger partial charge in [-0.05, 0) is 62.7 Å². The van der Waals surface area contributed by atoms with E-state index < -0.39 is 5.25 Å². The number of benzene rings is 2. The van der Waals surface area contributed by atoms with Gasteiger partial charge in [0.1, 0.15) is 5.82 Å². The van der Waals surface area contributed by atoms with Crippen LogP contribution in [0, 0.1) is 19.7 Å². The molecular formula is C26H26FN7OS. The van der Waals surface area contributed by atoms with Gasteiger partial charge in [-0.25, -0.2) is 14.4 Å². The molecule has 1 N–H and O–H groups in total. The third kappa shape index (κ3) is 4.94. The molecule has 5 rings (SSSR count). The number of anilines is 1. The Balaban J connectivity index is 1.45. The molecule has 0 aliphatic rings. The summed E-state index contributed by atoms with van der Waals surface area (Å²) >= 11 is 1.34. The lowest BCUT2D eigenvalue weighted by Gasteiger charge is -2.15. The van der Waals surface area contributed by atoms with Crippen molar-refractivity contribution in [2.45, 2.75) is 50.6 Å². The first-order valence-electron chi connectivity index (χ1n) is 11.8. The number of fused-ring (bicyclic) bond motifs is 3. The van der Waals surface area contributed by atoms with Crippen molar-refractivity contribution in [2.75, 3.05) is 5.32 Å². The zero-order valence-corrected chi connectivity index (χ0v) is 21.1. The molecule has 0 spiro atoms. The molecule has 1 atom stereocenters. The first-order valence-corrected chi connectivity index (χ1v) is 12.7. The fourth-order valence-electron chi connectivity index (χ4n) is 4.07. The smallest absolute Gasteiger partial charge is 0.237 e. The number of aromatic nitrogens is 6. The molecule has 0 aliphatic carbocycles. The summed E-state index contributed by atoms with van der Waals surface area (Å²) in [5, 5.41) is 13.2. The van der Waals surface area contributed by atoms with E-state index in [0.717, 1.165) is 22.3 Å². The topological polar surface area (TPSA) is 90.0 Å². The number of nitrogens with one attached hydrogen (secondary N) is 1. The number of para-hydroxylation sites is 1. The minimum Gasteiger partial charge on any atom is -0.325 e. The normalized spacial score (nSPS) is 12.3. The summed E-state index contributed by atoms with van der Waals surface area (Å²) in [6, 6.07) is 15.6. The summed E-state index contributed by atoms with van der Waals surface area (Å²) in [7, 11) is 0. The van der Waals surface area contributed by atoms with Crippen molar-refractivity contribution in [3.05, 3.63) is 77.6 Å². The maximum absolute atomic E-state index is 13.2. The number of nitrogens with zero attached hydrogens (tertiary/aromatic N) is 6. The molecule has 2 aromatic carbocycles. The van der Waals surface area contributed by atoms with Crippen LogP contribution in [-0.4, -0.2) is 40.5 Å².